The van der Waals surface area contributed by atoms with Gasteiger partial charge in [0.2, 0.25) is 0 Å². The van der Waals surface area contributed by atoms with Crippen molar-refractivity contribution in [3.63, 3.8) is 0 Å². The highest BCUT2D eigenvalue weighted by molar-refractivity contribution is 9.10. The quantitative estimate of drug-likeness (QED) is 0.497. The third-order valence-corrected chi connectivity index (χ3v) is 3.08. The van der Waals surface area contributed by atoms with Crippen LogP contribution in [0.5, 0.6) is 0 Å². The Hall–Kier alpha value is -1.14. The molecule has 0 radical (unpaired) electrons. The Kier molecular flexibility index (Phi) is 2.62. The number of fused-ring (bicyclic) bond motifs is 1. The zero-order valence-electron chi connectivity index (χ0n) is 7.35. The molecule has 0 aliphatic heterocycles. The van der Waals surface area contributed by atoms with Gasteiger partial charge in [-0.25, -0.2) is 4.98 Å². The first-order valence-corrected chi connectivity index (χ1v) is 5.27. The van der Waals surface area contributed by atoms with Crippen molar-refractivity contribution in [2.75, 3.05) is 0 Å². The Balaban J connectivity index is 2.90. The molecule has 76 valence electrons. The second-order valence-corrected chi connectivity index (χ2v) is 4.09. The molecule has 0 unspecified atom stereocenters. The van der Waals surface area contributed by atoms with Gasteiger partial charge in [0.25, 0.3) is 0 Å². The molecular weight excluding hydrogens is 280 g/mol. The molecule has 0 bridgehead atoms. The number of aromatic nitrogens is 1. The summed E-state index contributed by atoms with van der Waals surface area (Å²) < 4.78 is 0.420. The minimum absolute atomic E-state index is 0.1000. The van der Waals surface area contributed by atoms with Crippen LogP contribution in [0.2, 0.25) is 0 Å². The van der Waals surface area contributed by atoms with Gasteiger partial charge in [0.15, 0.2) is 5.03 Å². The maximum absolute atomic E-state index is 10.8. The number of hydrogen-bond donors (Lipinski definition) is 1. The molecule has 0 saturated heterocycles. The van der Waals surface area contributed by atoms with Gasteiger partial charge in [-0.15, -0.1) is 12.6 Å². The fraction of sp³-hybridized carbons (Fsp3) is 0. The molecule has 0 saturated carbocycles. The van der Waals surface area contributed by atoms with Crippen LogP contribution in [0.4, 0.5) is 5.69 Å². The van der Waals surface area contributed by atoms with E-state index < -0.39 is 4.92 Å². The Morgan fingerprint density at radius 2 is 2.07 bits per heavy atom. The van der Waals surface area contributed by atoms with E-state index >= 15 is 0 Å². The summed E-state index contributed by atoms with van der Waals surface area (Å²) in [4.78, 5) is 14.3. The number of pyridine rings is 1. The first-order chi connectivity index (χ1) is 7.11. The van der Waals surface area contributed by atoms with E-state index in [0.29, 0.717) is 15.4 Å². The minimum atomic E-state index is -0.494. The summed E-state index contributed by atoms with van der Waals surface area (Å²) in [6.07, 6.45) is 0. The lowest BCUT2D eigenvalue weighted by Gasteiger charge is -2.02. The van der Waals surface area contributed by atoms with Crippen molar-refractivity contribution in [1.82, 2.24) is 4.98 Å². The average molecular weight is 285 g/mol. The maximum Gasteiger partial charge on any atom is 0.315 e. The van der Waals surface area contributed by atoms with Gasteiger partial charge in [0.05, 0.1) is 10.4 Å². The molecule has 0 amide bonds. The van der Waals surface area contributed by atoms with Gasteiger partial charge in [0, 0.05) is 5.39 Å². The molecule has 1 heterocycles. The second kappa shape index (κ2) is 3.79. The third-order valence-electron chi connectivity index (χ3n) is 1.97. The Morgan fingerprint density at radius 1 is 1.40 bits per heavy atom. The molecule has 0 fully saturated rings. The molecule has 1 aromatic heterocycles. The van der Waals surface area contributed by atoms with Crippen LogP contribution in [0.3, 0.4) is 0 Å². The van der Waals surface area contributed by atoms with Crippen LogP contribution in [0.15, 0.2) is 33.8 Å². The molecule has 2 rings (SSSR count). The number of halogens is 1. The number of benzene rings is 1. The summed E-state index contributed by atoms with van der Waals surface area (Å²) in [7, 11) is 0. The summed E-state index contributed by atoms with van der Waals surface area (Å²) in [5.74, 6) is 0. The molecule has 4 nitrogen and oxygen atoms in total. The molecule has 6 heteroatoms. The lowest BCUT2D eigenvalue weighted by atomic mass is 10.2. The lowest BCUT2D eigenvalue weighted by Crippen LogP contribution is -1.94. The third kappa shape index (κ3) is 1.70. The van der Waals surface area contributed by atoms with E-state index in [-0.39, 0.29) is 10.7 Å². The zero-order valence-corrected chi connectivity index (χ0v) is 9.83. The van der Waals surface area contributed by atoms with Crippen molar-refractivity contribution in [3.8, 4) is 0 Å². The fourth-order valence-corrected chi connectivity index (χ4v) is 2.43. The number of para-hydroxylation sites is 1. The van der Waals surface area contributed by atoms with E-state index in [1.165, 1.54) is 0 Å². The van der Waals surface area contributed by atoms with Crippen molar-refractivity contribution >= 4 is 45.1 Å². The molecule has 0 N–H and O–H groups in total. The van der Waals surface area contributed by atoms with E-state index in [1.54, 1.807) is 18.2 Å². The van der Waals surface area contributed by atoms with Crippen LogP contribution < -0.4 is 0 Å². The number of nitro groups is 1. The molecule has 2 aromatic rings. The van der Waals surface area contributed by atoms with Gasteiger partial charge < -0.3 is 0 Å². The van der Waals surface area contributed by atoms with Crippen molar-refractivity contribution in [3.05, 3.63) is 38.9 Å². The first kappa shape index (κ1) is 10.4. The highest BCUT2D eigenvalue weighted by atomic mass is 79.9. The van der Waals surface area contributed by atoms with Crippen LogP contribution in [0.25, 0.3) is 10.9 Å². The highest BCUT2D eigenvalue weighted by Gasteiger charge is 2.20. The summed E-state index contributed by atoms with van der Waals surface area (Å²) in [5.41, 5.74) is 0.581. The van der Waals surface area contributed by atoms with Crippen molar-refractivity contribution in [2.45, 2.75) is 5.03 Å². The number of hydrogen-bond acceptors (Lipinski definition) is 4. The van der Waals surface area contributed by atoms with Gasteiger partial charge >= 0.3 is 5.69 Å². The number of rotatable bonds is 1. The SMILES string of the molecule is O=[N+]([O-])c1c(S)nc2ccccc2c1Br. The monoisotopic (exact) mass is 284 g/mol. The predicted molar refractivity (Wildman–Crippen MR) is 63.3 cm³/mol. The maximum atomic E-state index is 10.8. The zero-order chi connectivity index (χ0) is 11.0. The summed E-state index contributed by atoms with van der Waals surface area (Å²) in [6, 6.07) is 7.17. The Labute approximate surface area is 99.0 Å². The van der Waals surface area contributed by atoms with Gasteiger partial charge in [-0.3, -0.25) is 10.1 Å². The summed E-state index contributed by atoms with van der Waals surface area (Å²) >= 11 is 7.20. The van der Waals surface area contributed by atoms with Crippen LogP contribution in [-0.2, 0) is 0 Å². The molecular formula is C9H5BrN2O2S. The standard InChI is InChI=1S/C9H5BrN2O2S/c10-7-5-3-1-2-4-6(5)11-9(15)8(7)12(13)14/h1-4H,(H,11,15). The first-order valence-electron chi connectivity index (χ1n) is 4.03. The average Bonchev–Trinajstić information content (AvgIpc) is 2.17. The largest absolute Gasteiger partial charge is 0.315 e. The van der Waals surface area contributed by atoms with E-state index in [0.717, 1.165) is 0 Å². The van der Waals surface area contributed by atoms with Crippen molar-refractivity contribution < 1.29 is 4.92 Å². The van der Waals surface area contributed by atoms with E-state index in [4.69, 9.17) is 0 Å². The van der Waals surface area contributed by atoms with Gasteiger partial charge in [0.1, 0.15) is 4.47 Å². The van der Waals surface area contributed by atoms with E-state index in [9.17, 15) is 10.1 Å². The normalized spacial score (nSPS) is 10.5. The lowest BCUT2D eigenvalue weighted by molar-refractivity contribution is -0.388. The van der Waals surface area contributed by atoms with Crippen LogP contribution >= 0.6 is 28.6 Å². The fourth-order valence-electron chi connectivity index (χ4n) is 1.31. The Morgan fingerprint density at radius 3 is 2.73 bits per heavy atom. The number of nitrogens with zero attached hydrogens (tertiary/aromatic N) is 2. The molecule has 1 aromatic carbocycles. The molecule has 15 heavy (non-hydrogen) atoms. The number of thiol groups is 1. The van der Waals surface area contributed by atoms with Gasteiger partial charge in [-0.1, -0.05) is 18.2 Å². The van der Waals surface area contributed by atoms with E-state index in [2.05, 4.69) is 33.5 Å². The smallest absolute Gasteiger partial charge is 0.258 e. The molecule has 0 atom stereocenters. The van der Waals surface area contributed by atoms with Gasteiger partial charge in [-0.05, 0) is 22.0 Å². The van der Waals surface area contributed by atoms with Crippen LogP contribution in [0, 0.1) is 10.1 Å². The van der Waals surface area contributed by atoms with Crippen LogP contribution in [0.1, 0.15) is 0 Å². The van der Waals surface area contributed by atoms with Crippen molar-refractivity contribution in [2.24, 2.45) is 0 Å². The summed E-state index contributed by atoms with van der Waals surface area (Å²) in [6.45, 7) is 0. The predicted octanol–water partition coefficient (Wildman–Crippen LogP) is 3.19. The highest BCUT2D eigenvalue weighted by Crippen LogP contribution is 2.35. The molecule has 0 aliphatic carbocycles. The molecule has 0 aliphatic rings. The minimum Gasteiger partial charge on any atom is -0.258 e. The van der Waals surface area contributed by atoms with Gasteiger partial charge in [-0.2, -0.15) is 0 Å². The van der Waals surface area contributed by atoms with Crippen molar-refractivity contribution in [1.29, 1.82) is 0 Å². The van der Waals surface area contributed by atoms with Crippen LogP contribution in [-0.4, -0.2) is 9.91 Å². The Bertz CT molecular complexity index is 559. The molecule has 0 spiro atoms. The second-order valence-electron chi connectivity index (χ2n) is 2.87. The summed E-state index contributed by atoms with van der Waals surface area (Å²) in [5, 5.41) is 11.6. The van der Waals surface area contributed by atoms with E-state index in [1.807, 2.05) is 6.07 Å². The topological polar surface area (TPSA) is 56.0 Å².